The lowest BCUT2D eigenvalue weighted by molar-refractivity contribution is -0.192. The highest BCUT2D eigenvalue weighted by atomic mass is 32.2. The molecule has 10 nitrogen and oxygen atoms in total. The molecule has 1 saturated heterocycles. The fraction of sp³-hybridized carbons (Fsp3) is 0.304. The van der Waals surface area contributed by atoms with Crippen molar-refractivity contribution < 1.29 is 31.5 Å². The molecule has 0 bridgehead atoms. The largest absolute Gasteiger partial charge is 0.490 e. The number of alkyl halides is 3. The van der Waals surface area contributed by atoms with Crippen LogP contribution in [0.2, 0.25) is 0 Å². The van der Waals surface area contributed by atoms with Crippen LogP contribution in [0.4, 0.5) is 18.9 Å². The van der Waals surface area contributed by atoms with Crippen LogP contribution >= 0.6 is 0 Å². The number of halogens is 3. The fourth-order valence-electron chi connectivity index (χ4n) is 3.51. The molecule has 1 aliphatic rings. The van der Waals surface area contributed by atoms with Crippen molar-refractivity contribution in [3.63, 3.8) is 0 Å². The molecule has 3 aromatic rings. The van der Waals surface area contributed by atoms with Gasteiger partial charge in [0.25, 0.3) is 10.0 Å². The first-order chi connectivity index (χ1) is 17.4. The molecule has 1 aliphatic heterocycles. The summed E-state index contributed by atoms with van der Waals surface area (Å²) in [7, 11) is -3.68. The van der Waals surface area contributed by atoms with E-state index in [2.05, 4.69) is 24.8 Å². The van der Waals surface area contributed by atoms with Gasteiger partial charge < -0.3 is 10.8 Å². The number of benzene rings is 1. The second-order valence-electron chi connectivity index (χ2n) is 8.23. The molecular weight excluding hydrogens is 513 g/mol. The van der Waals surface area contributed by atoms with Gasteiger partial charge in [0.1, 0.15) is 0 Å². The van der Waals surface area contributed by atoms with Gasteiger partial charge in [-0.05, 0) is 49.7 Å². The van der Waals surface area contributed by atoms with Gasteiger partial charge in [-0.3, -0.25) is 14.6 Å². The number of likely N-dealkylation sites (tertiary alicyclic amines) is 1. The maximum absolute atomic E-state index is 12.5. The van der Waals surface area contributed by atoms with Gasteiger partial charge >= 0.3 is 12.1 Å². The van der Waals surface area contributed by atoms with Crippen LogP contribution in [-0.2, 0) is 21.4 Å². The number of rotatable bonds is 6. The predicted molar refractivity (Wildman–Crippen MR) is 129 cm³/mol. The van der Waals surface area contributed by atoms with Crippen LogP contribution < -0.4 is 10.5 Å². The molecule has 1 fully saturated rings. The third-order valence-corrected chi connectivity index (χ3v) is 6.63. The average Bonchev–Trinajstić information content (AvgIpc) is 2.85. The second-order valence-corrected chi connectivity index (χ2v) is 9.91. The van der Waals surface area contributed by atoms with Gasteiger partial charge in [0.2, 0.25) is 0 Å². The first-order valence-corrected chi connectivity index (χ1v) is 12.6. The summed E-state index contributed by atoms with van der Waals surface area (Å²) >= 11 is 0. The summed E-state index contributed by atoms with van der Waals surface area (Å²) in [5.74, 6) is -2.76. The van der Waals surface area contributed by atoms with Crippen molar-refractivity contribution in [3.8, 4) is 11.3 Å². The van der Waals surface area contributed by atoms with Crippen molar-refractivity contribution in [2.45, 2.75) is 36.5 Å². The van der Waals surface area contributed by atoms with Gasteiger partial charge in [-0.25, -0.2) is 13.2 Å². The van der Waals surface area contributed by atoms with Crippen LogP contribution in [0.15, 0.2) is 65.8 Å². The Morgan fingerprint density at radius 2 is 1.84 bits per heavy atom. The third-order valence-electron chi connectivity index (χ3n) is 5.23. The molecule has 1 unspecified atom stereocenters. The number of carboxylic acids is 1. The molecule has 0 spiro atoms. The monoisotopic (exact) mass is 538 g/mol. The number of nitrogens with two attached hydrogens (primary N) is 1. The number of anilines is 1. The highest BCUT2D eigenvalue weighted by molar-refractivity contribution is 7.92. The van der Waals surface area contributed by atoms with Crippen molar-refractivity contribution in [2.24, 2.45) is 5.73 Å². The molecule has 0 radical (unpaired) electrons. The number of piperidine rings is 1. The van der Waals surface area contributed by atoms with Crippen LogP contribution in [0.5, 0.6) is 0 Å². The van der Waals surface area contributed by atoms with Gasteiger partial charge in [-0.2, -0.15) is 23.4 Å². The van der Waals surface area contributed by atoms with Gasteiger partial charge in [-0.15, -0.1) is 0 Å². The number of nitrogens with zero attached hydrogens (tertiary/aromatic N) is 4. The second kappa shape index (κ2) is 12.1. The minimum atomic E-state index is -5.08. The summed E-state index contributed by atoms with van der Waals surface area (Å²) in [6.45, 7) is 2.61. The van der Waals surface area contributed by atoms with E-state index in [0.29, 0.717) is 16.9 Å². The Kier molecular flexibility index (Phi) is 9.13. The van der Waals surface area contributed by atoms with Crippen molar-refractivity contribution in [1.29, 1.82) is 0 Å². The number of carboxylic acid groups (broad SMARTS) is 1. The van der Waals surface area contributed by atoms with E-state index in [1.807, 2.05) is 12.1 Å². The van der Waals surface area contributed by atoms with E-state index < -0.39 is 22.2 Å². The number of nitrogens with one attached hydrogen (secondary N) is 1. The Bertz CT molecular complexity index is 1290. The number of hydrogen-bond donors (Lipinski definition) is 3. The number of pyridine rings is 1. The molecule has 2 aromatic heterocycles. The highest BCUT2D eigenvalue weighted by Crippen LogP contribution is 2.22. The summed E-state index contributed by atoms with van der Waals surface area (Å²) < 4.78 is 59.3. The minimum absolute atomic E-state index is 0.192. The van der Waals surface area contributed by atoms with Crippen LogP contribution in [0.1, 0.15) is 18.5 Å². The number of aromatic nitrogens is 3. The van der Waals surface area contributed by atoms with Gasteiger partial charge in [-0.1, -0.05) is 18.2 Å². The van der Waals surface area contributed by atoms with Crippen molar-refractivity contribution >= 4 is 21.7 Å². The lowest BCUT2D eigenvalue weighted by Crippen LogP contribution is -2.42. The Hall–Kier alpha value is -3.62. The molecule has 0 aliphatic carbocycles. The summed E-state index contributed by atoms with van der Waals surface area (Å²) in [4.78, 5) is 15.5. The minimum Gasteiger partial charge on any atom is -0.475 e. The summed E-state index contributed by atoms with van der Waals surface area (Å²) in [5.41, 5.74) is 8.59. The number of sulfonamides is 1. The first kappa shape index (κ1) is 28.0. The van der Waals surface area contributed by atoms with Gasteiger partial charge in [0.15, 0.2) is 0 Å². The zero-order valence-electron chi connectivity index (χ0n) is 19.5. The molecule has 0 amide bonds. The SMILES string of the molecule is NC1CCCN(Cc2ccc(-c3cncc(NS(=O)(=O)c4ccccc4)c3)nn2)C1.O=C(O)C(F)(F)F. The van der Waals surface area contributed by atoms with Crippen LogP contribution in [0.25, 0.3) is 11.3 Å². The highest BCUT2D eigenvalue weighted by Gasteiger charge is 2.38. The van der Waals surface area contributed by atoms with E-state index in [1.165, 1.54) is 6.20 Å². The van der Waals surface area contributed by atoms with Gasteiger partial charge in [0.05, 0.1) is 28.2 Å². The van der Waals surface area contributed by atoms with Crippen LogP contribution in [0, 0.1) is 0 Å². The van der Waals surface area contributed by atoms with Gasteiger partial charge in [0, 0.05) is 30.9 Å². The Morgan fingerprint density at radius 3 is 2.43 bits per heavy atom. The van der Waals surface area contributed by atoms with Crippen LogP contribution in [0.3, 0.4) is 0 Å². The van der Waals surface area contributed by atoms with E-state index in [0.717, 1.165) is 38.2 Å². The fourth-order valence-corrected chi connectivity index (χ4v) is 4.57. The molecule has 1 aromatic carbocycles. The maximum Gasteiger partial charge on any atom is 0.490 e. The topological polar surface area (TPSA) is 151 Å². The van der Waals surface area contributed by atoms with E-state index in [4.69, 9.17) is 15.6 Å². The normalized spacial score (nSPS) is 16.4. The predicted octanol–water partition coefficient (Wildman–Crippen LogP) is 2.90. The molecule has 3 heterocycles. The van der Waals surface area contributed by atoms with E-state index in [9.17, 15) is 21.6 Å². The summed E-state index contributed by atoms with van der Waals surface area (Å²) in [6.07, 6.45) is 0.182. The number of hydrogen-bond acceptors (Lipinski definition) is 8. The zero-order valence-corrected chi connectivity index (χ0v) is 20.3. The number of aliphatic carboxylic acids is 1. The molecule has 14 heteroatoms. The molecule has 37 heavy (non-hydrogen) atoms. The molecule has 0 saturated carbocycles. The smallest absolute Gasteiger partial charge is 0.475 e. The summed E-state index contributed by atoms with van der Waals surface area (Å²) in [6, 6.07) is 13.9. The molecule has 4 rings (SSSR count). The Labute approximate surface area is 211 Å². The number of carbonyl (C=O) groups is 1. The Balaban J connectivity index is 0.000000479. The summed E-state index contributed by atoms with van der Waals surface area (Å²) in [5, 5.41) is 15.8. The maximum atomic E-state index is 12.5. The van der Waals surface area contributed by atoms with Crippen LogP contribution in [-0.4, -0.2) is 64.9 Å². The van der Waals surface area contributed by atoms with E-state index in [-0.39, 0.29) is 10.9 Å². The molecular formula is C23H25F3N6O4S. The lowest BCUT2D eigenvalue weighted by atomic mass is 10.1. The zero-order chi connectivity index (χ0) is 27.1. The van der Waals surface area contributed by atoms with E-state index in [1.54, 1.807) is 42.6 Å². The Morgan fingerprint density at radius 1 is 1.14 bits per heavy atom. The standard InChI is InChI=1S/C21H24N6O2S.C2HF3O2/c22-17-5-4-10-27(14-17)15-18-8-9-21(25-24-18)16-11-19(13-23-12-16)26-30(28,29)20-6-2-1-3-7-20;3-2(4,5)1(6)7/h1-3,6-9,11-13,17,26H,4-5,10,14-15,22H2;(H,6,7). The lowest BCUT2D eigenvalue weighted by Gasteiger charge is -2.30. The van der Waals surface area contributed by atoms with Crippen molar-refractivity contribution in [1.82, 2.24) is 20.1 Å². The van der Waals surface area contributed by atoms with Crippen molar-refractivity contribution in [3.05, 3.63) is 66.6 Å². The quantitative estimate of drug-likeness (QED) is 0.430. The molecule has 198 valence electrons. The van der Waals surface area contributed by atoms with Crippen molar-refractivity contribution in [2.75, 3.05) is 17.8 Å². The average molecular weight is 539 g/mol. The molecule has 1 atom stereocenters. The van der Waals surface area contributed by atoms with E-state index >= 15 is 0 Å². The first-order valence-electron chi connectivity index (χ1n) is 11.1. The molecule has 4 N–H and O–H groups in total. The third kappa shape index (κ3) is 8.48.